The van der Waals surface area contributed by atoms with Gasteiger partial charge in [0, 0.05) is 19.4 Å². The summed E-state index contributed by atoms with van der Waals surface area (Å²) >= 11 is 7.35. The lowest BCUT2D eigenvalue weighted by atomic mass is 10.5. The predicted molar refractivity (Wildman–Crippen MR) is 66.1 cm³/mol. The molecule has 17 heavy (non-hydrogen) atoms. The monoisotopic (exact) mass is 267 g/mol. The maximum atomic E-state index is 5.91. The highest BCUT2D eigenvalue weighted by molar-refractivity contribution is 7.99. The van der Waals surface area contributed by atoms with Crippen LogP contribution in [0, 0.1) is 0 Å². The van der Waals surface area contributed by atoms with Gasteiger partial charge in [0.25, 0.3) is 0 Å². The molecule has 0 aliphatic carbocycles. The first kappa shape index (κ1) is 12.3. The maximum absolute atomic E-state index is 5.91. The molecule has 0 aliphatic heterocycles. The van der Waals surface area contributed by atoms with E-state index in [-0.39, 0.29) is 0 Å². The molecule has 2 aromatic rings. The SMILES string of the molecule is COCc1nc(Cl)cc(Sc2ccccn2)n1. The average molecular weight is 268 g/mol. The summed E-state index contributed by atoms with van der Waals surface area (Å²) in [4.78, 5) is 12.6. The number of rotatable bonds is 4. The van der Waals surface area contributed by atoms with E-state index in [9.17, 15) is 0 Å². The molecule has 0 saturated carbocycles. The molecule has 0 bridgehead atoms. The van der Waals surface area contributed by atoms with Crippen molar-refractivity contribution in [2.24, 2.45) is 0 Å². The van der Waals surface area contributed by atoms with Crippen molar-refractivity contribution in [3.05, 3.63) is 41.4 Å². The Labute approximate surface area is 108 Å². The first-order chi connectivity index (χ1) is 8.28. The van der Waals surface area contributed by atoms with Gasteiger partial charge in [0.2, 0.25) is 0 Å². The van der Waals surface area contributed by atoms with E-state index in [0.29, 0.717) is 17.6 Å². The van der Waals surface area contributed by atoms with Crippen LogP contribution in [0.4, 0.5) is 0 Å². The summed E-state index contributed by atoms with van der Waals surface area (Å²) in [6, 6.07) is 7.41. The lowest BCUT2D eigenvalue weighted by Gasteiger charge is -2.03. The molecule has 0 N–H and O–H groups in total. The van der Waals surface area contributed by atoms with Crippen LogP contribution in [-0.4, -0.2) is 22.1 Å². The smallest absolute Gasteiger partial charge is 0.156 e. The molecular weight excluding hydrogens is 258 g/mol. The second kappa shape index (κ2) is 5.95. The highest BCUT2D eigenvalue weighted by Gasteiger charge is 2.05. The molecule has 0 fully saturated rings. The quantitative estimate of drug-likeness (QED) is 0.797. The molecule has 4 nitrogen and oxygen atoms in total. The van der Waals surface area contributed by atoms with Gasteiger partial charge in [-0.05, 0) is 23.9 Å². The van der Waals surface area contributed by atoms with Crippen molar-refractivity contribution in [3.63, 3.8) is 0 Å². The van der Waals surface area contributed by atoms with E-state index in [1.807, 2.05) is 18.2 Å². The van der Waals surface area contributed by atoms with Crippen molar-refractivity contribution in [2.75, 3.05) is 7.11 Å². The van der Waals surface area contributed by atoms with E-state index in [1.165, 1.54) is 11.8 Å². The van der Waals surface area contributed by atoms with Crippen molar-refractivity contribution in [1.82, 2.24) is 15.0 Å². The molecule has 0 radical (unpaired) electrons. The lowest BCUT2D eigenvalue weighted by Crippen LogP contribution is -1.98. The van der Waals surface area contributed by atoms with Gasteiger partial charge in [-0.15, -0.1) is 0 Å². The first-order valence-corrected chi connectivity index (χ1v) is 6.08. The number of nitrogens with zero attached hydrogens (tertiary/aromatic N) is 3. The molecule has 2 aromatic heterocycles. The predicted octanol–water partition coefficient (Wildman–Crippen LogP) is 2.82. The normalized spacial score (nSPS) is 10.5. The Bertz CT molecular complexity index is 495. The Balaban J connectivity index is 2.21. The van der Waals surface area contributed by atoms with E-state index < -0.39 is 0 Å². The van der Waals surface area contributed by atoms with Crippen LogP contribution in [0.5, 0.6) is 0 Å². The van der Waals surface area contributed by atoms with Crippen LogP contribution in [-0.2, 0) is 11.3 Å². The molecule has 0 aromatic carbocycles. The summed E-state index contributed by atoms with van der Waals surface area (Å²) in [7, 11) is 1.59. The fourth-order valence-electron chi connectivity index (χ4n) is 1.20. The summed E-state index contributed by atoms with van der Waals surface area (Å²) in [5.41, 5.74) is 0. The fourth-order valence-corrected chi connectivity index (χ4v) is 2.26. The van der Waals surface area contributed by atoms with Crippen LogP contribution in [0.3, 0.4) is 0 Å². The highest BCUT2D eigenvalue weighted by atomic mass is 35.5. The van der Waals surface area contributed by atoms with Crippen LogP contribution >= 0.6 is 23.4 Å². The van der Waals surface area contributed by atoms with Gasteiger partial charge in [-0.25, -0.2) is 15.0 Å². The minimum Gasteiger partial charge on any atom is -0.377 e. The Morgan fingerprint density at radius 3 is 2.88 bits per heavy atom. The molecule has 0 spiro atoms. The molecule has 0 aliphatic rings. The average Bonchev–Trinajstić information content (AvgIpc) is 2.30. The second-order valence-corrected chi connectivity index (χ2v) is 4.58. The van der Waals surface area contributed by atoms with Gasteiger partial charge in [-0.3, -0.25) is 0 Å². The summed E-state index contributed by atoms with van der Waals surface area (Å²) in [6.07, 6.45) is 1.74. The number of methoxy groups -OCH3 is 1. The molecule has 6 heteroatoms. The summed E-state index contributed by atoms with van der Waals surface area (Å²) < 4.78 is 4.98. The van der Waals surface area contributed by atoms with Gasteiger partial charge < -0.3 is 4.74 Å². The first-order valence-electron chi connectivity index (χ1n) is 4.89. The van der Waals surface area contributed by atoms with Crippen LogP contribution in [0.15, 0.2) is 40.5 Å². The second-order valence-electron chi connectivity index (χ2n) is 3.15. The molecule has 0 saturated heterocycles. The highest BCUT2D eigenvalue weighted by Crippen LogP contribution is 2.25. The van der Waals surface area contributed by atoms with Gasteiger partial charge in [0.05, 0.1) is 0 Å². The number of aromatic nitrogens is 3. The maximum Gasteiger partial charge on any atom is 0.156 e. The van der Waals surface area contributed by atoms with E-state index in [0.717, 1.165) is 10.1 Å². The third-order valence-corrected chi connectivity index (χ3v) is 2.90. The van der Waals surface area contributed by atoms with Crippen LogP contribution in [0.25, 0.3) is 0 Å². The largest absolute Gasteiger partial charge is 0.377 e. The molecule has 0 atom stereocenters. The van der Waals surface area contributed by atoms with Gasteiger partial charge in [0.1, 0.15) is 21.8 Å². The Kier molecular flexibility index (Phi) is 4.30. The van der Waals surface area contributed by atoms with Crippen molar-refractivity contribution < 1.29 is 4.74 Å². The number of halogens is 1. The van der Waals surface area contributed by atoms with E-state index in [2.05, 4.69) is 15.0 Å². The van der Waals surface area contributed by atoms with Crippen molar-refractivity contribution in [1.29, 1.82) is 0 Å². The van der Waals surface area contributed by atoms with Crippen LogP contribution in [0.1, 0.15) is 5.82 Å². The summed E-state index contributed by atoms with van der Waals surface area (Å²) in [6.45, 7) is 0.344. The Morgan fingerprint density at radius 1 is 1.29 bits per heavy atom. The van der Waals surface area contributed by atoms with Crippen molar-refractivity contribution in [3.8, 4) is 0 Å². The van der Waals surface area contributed by atoms with E-state index in [1.54, 1.807) is 19.4 Å². The van der Waals surface area contributed by atoms with Gasteiger partial charge >= 0.3 is 0 Å². The van der Waals surface area contributed by atoms with Crippen molar-refractivity contribution >= 4 is 23.4 Å². The Morgan fingerprint density at radius 2 is 2.18 bits per heavy atom. The zero-order valence-corrected chi connectivity index (χ0v) is 10.7. The molecule has 2 heterocycles. The number of ether oxygens (including phenoxy) is 1. The number of pyridine rings is 1. The third kappa shape index (κ3) is 3.66. The minimum atomic E-state index is 0.344. The van der Waals surface area contributed by atoms with E-state index >= 15 is 0 Å². The topological polar surface area (TPSA) is 47.9 Å². The zero-order valence-electron chi connectivity index (χ0n) is 9.13. The molecule has 88 valence electrons. The van der Waals surface area contributed by atoms with E-state index in [4.69, 9.17) is 16.3 Å². The lowest BCUT2D eigenvalue weighted by molar-refractivity contribution is 0.177. The molecular formula is C11H10ClN3OS. The van der Waals surface area contributed by atoms with Crippen molar-refractivity contribution in [2.45, 2.75) is 16.7 Å². The third-order valence-electron chi connectivity index (χ3n) is 1.84. The summed E-state index contributed by atoms with van der Waals surface area (Å²) in [5.74, 6) is 0.568. The summed E-state index contributed by atoms with van der Waals surface area (Å²) in [5, 5.41) is 2.03. The van der Waals surface area contributed by atoms with Gasteiger partial charge in [0.15, 0.2) is 5.82 Å². The molecule has 0 unspecified atom stereocenters. The molecule has 2 rings (SSSR count). The zero-order chi connectivity index (χ0) is 12.1. The van der Waals surface area contributed by atoms with Crippen LogP contribution in [0.2, 0.25) is 5.15 Å². The van der Waals surface area contributed by atoms with Gasteiger partial charge in [-0.1, -0.05) is 17.7 Å². The Hall–Kier alpha value is -1.17. The number of hydrogen-bond donors (Lipinski definition) is 0. The molecule has 0 amide bonds. The number of hydrogen-bond acceptors (Lipinski definition) is 5. The fraction of sp³-hybridized carbons (Fsp3) is 0.182. The standard InChI is InChI=1S/C11H10ClN3OS/c1-16-7-9-14-8(12)6-11(15-9)17-10-4-2-3-5-13-10/h2-6H,7H2,1H3. The minimum absolute atomic E-state index is 0.344. The van der Waals surface area contributed by atoms with Gasteiger partial charge in [-0.2, -0.15) is 0 Å². The van der Waals surface area contributed by atoms with Crippen LogP contribution < -0.4 is 0 Å².